The number of benzene rings is 1. The highest BCUT2D eigenvalue weighted by Gasteiger charge is 2.03. The maximum absolute atomic E-state index is 11.7. The third-order valence-electron chi connectivity index (χ3n) is 2.71. The predicted octanol–water partition coefficient (Wildman–Crippen LogP) is 3.34. The first kappa shape index (κ1) is 14.1. The van der Waals surface area contributed by atoms with E-state index in [4.69, 9.17) is 5.73 Å². The number of nitrogens with two attached hydrogens (primary N) is 1. The maximum Gasteiger partial charge on any atom is 0.220 e. The van der Waals surface area contributed by atoms with Gasteiger partial charge in [-0.3, -0.25) is 4.79 Å². The summed E-state index contributed by atoms with van der Waals surface area (Å²) in [5.41, 5.74) is 7.49. The lowest BCUT2D eigenvalue weighted by atomic mass is 10.1. The highest BCUT2D eigenvalue weighted by atomic mass is 79.9. The van der Waals surface area contributed by atoms with Gasteiger partial charge in [-0.1, -0.05) is 12.1 Å². The van der Waals surface area contributed by atoms with Gasteiger partial charge in [0.25, 0.3) is 0 Å². The fraction of sp³-hybridized carbons (Fsp3) is 0.214. The summed E-state index contributed by atoms with van der Waals surface area (Å²) in [5, 5.41) is 2.92. The number of carbonyl (C=O) groups excluding carboxylic acids is 1. The van der Waals surface area contributed by atoms with E-state index in [0.29, 0.717) is 13.0 Å². The molecule has 0 aliphatic carbocycles. The smallest absolute Gasteiger partial charge is 0.220 e. The topological polar surface area (TPSA) is 55.1 Å². The van der Waals surface area contributed by atoms with Gasteiger partial charge in [-0.05, 0) is 52.2 Å². The largest absolute Gasteiger partial charge is 0.399 e. The number of anilines is 1. The second-order valence-corrected chi connectivity index (χ2v) is 6.77. The summed E-state index contributed by atoms with van der Waals surface area (Å²) in [4.78, 5) is 12.9. The molecule has 0 bridgehead atoms. The van der Waals surface area contributed by atoms with E-state index in [2.05, 4.69) is 21.2 Å². The first-order valence-electron chi connectivity index (χ1n) is 5.99. The summed E-state index contributed by atoms with van der Waals surface area (Å²) in [6.07, 6.45) is 1.23. The van der Waals surface area contributed by atoms with E-state index in [-0.39, 0.29) is 5.91 Å². The van der Waals surface area contributed by atoms with Gasteiger partial charge in [0.05, 0.1) is 10.3 Å². The Kier molecular flexibility index (Phi) is 4.99. The van der Waals surface area contributed by atoms with E-state index in [9.17, 15) is 4.79 Å². The Bertz CT molecular complexity index is 551. The van der Waals surface area contributed by atoms with E-state index in [1.54, 1.807) is 11.3 Å². The fourth-order valence-electron chi connectivity index (χ4n) is 1.66. The molecule has 0 unspecified atom stereocenters. The van der Waals surface area contributed by atoms with Gasteiger partial charge in [0, 0.05) is 17.0 Å². The standard InChI is InChI=1S/C14H15BrN2OS/c15-13-7-6-12(19-13)9-17-14(18)8-3-10-1-4-11(16)5-2-10/h1-2,4-7H,3,8-9,16H2,(H,17,18). The molecule has 0 radical (unpaired) electrons. The van der Waals surface area contributed by atoms with Crippen molar-refractivity contribution in [3.8, 4) is 0 Å². The Balaban J connectivity index is 1.74. The van der Waals surface area contributed by atoms with Crippen LogP contribution in [0.25, 0.3) is 0 Å². The molecule has 2 aromatic rings. The summed E-state index contributed by atoms with van der Waals surface area (Å²) in [6, 6.07) is 11.6. The number of hydrogen-bond acceptors (Lipinski definition) is 3. The summed E-state index contributed by atoms with van der Waals surface area (Å²) in [7, 11) is 0. The number of halogens is 1. The van der Waals surface area contributed by atoms with Crippen molar-refractivity contribution in [2.75, 3.05) is 5.73 Å². The quantitative estimate of drug-likeness (QED) is 0.821. The Morgan fingerprint density at radius 3 is 2.58 bits per heavy atom. The summed E-state index contributed by atoms with van der Waals surface area (Å²) >= 11 is 5.04. The van der Waals surface area contributed by atoms with Crippen LogP contribution in [-0.4, -0.2) is 5.91 Å². The molecule has 1 amide bonds. The molecule has 3 N–H and O–H groups in total. The number of carbonyl (C=O) groups is 1. The van der Waals surface area contributed by atoms with Gasteiger partial charge in [0.1, 0.15) is 0 Å². The van der Waals surface area contributed by atoms with Crippen LogP contribution >= 0.6 is 27.3 Å². The zero-order valence-corrected chi connectivity index (χ0v) is 12.8. The lowest BCUT2D eigenvalue weighted by Gasteiger charge is -2.04. The molecule has 0 aliphatic heterocycles. The van der Waals surface area contributed by atoms with E-state index in [0.717, 1.165) is 26.3 Å². The van der Waals surface area contributed by atoms with Crippen LogP contribution in [-0.2, 0) is 17.8 Å². The number of nitrogen functional groups attached to an aromatic ring is 1. The molecule has 1 aromatic carbocycles. The van der Waals surface area contributed by atoms with Gasteiger partial charge < -0.3 is 11.1 Å². The van der Waals surface area contributed by atoms with Gasteiger partial charge in [-0.25, -0.2) is 0 Å². The average molecular weight is 339 g/mol. The van der Waals surface area contributed by atoms with Crippen LogP contribution < -0.4 is 11.1 Å². The molecule has 5 heteroatoms. The van der Waals surface area contributed by atoms with Crippen LogP contribution in [0, 0.1) is 0 Å². The van der Waals surface area contributed by atoms with Crippen LogP contribution in [0.1, 0.15) is 16.9 Å². The molecule has 0 atom stereocenters. The van der Waals surface area contributed by atoms with Gasteiger partial charge in [-0.2, -0.15) is 0 Å². The lowest BCUT2D eigenvalue weighted by molar-refractivity contribution is -0.121. The number of thiophene rings is 1. The molecule has 2 rings (SSSR count). The minimum absolute atomic E-state index is 0.0707. The third-order valence-corrected chi connectivity index (χ3v) is 4.33. The molecule has 0 saturated heterocycles. The van der Waals surface area contributed by atoms with Crippen molar-refractivity contribution in [2.45, 2.75) is 19.4 Å². The van der Waals surface area contributed by atoms with Crippen molar-refractivity contribution < 1.29 is 4.79 Å². The van der Waals surface area contributed by atoms with E-state index < -0.39 is 0 Å². The minimum atomic E-state index is 0.0707. The summed E-state index contributed by atoms with van der Waals surface area (Å²) in [6.45, 7) is 0.594. The molecule has 0 fully saturated rings. The first-order valence-corrected chi connectivity index (χ1v) is 7.60. The molecule has 1 aromatic heterocycles. The Hall–Kier alpha value is -1.33. The van der Waals surface area contributed by atoms with Gasteiger partial charge in [0.15, 0.2) is 0 Å². The molecule has 1 heterocycles. The number of aryl methyl sites for hydroxylation is 1. The molecule has 0 aliphatic rings. The lowest BCUT2D eigenvalue weighted by Crippen LogP contribution is -2.22. The van der Waals surface area contributed by atoms with Crippen molar-refractivity contribution in [2.24, 2.45) is 0 Å². The normalized spacial score (nSPS) is 10.4. The van der Waals surface area contributed by atoms with Gasteiger partial charge in [0.2, 0.25) is 5.91 Å². The van der Waals surface area contributed by atoms with Crippen LogP contribution in [0.3, 0.4) is 0 Å². The van der Waals surface area contributed by atoms with Crippen LogP contribution in [0.4, 0.5) is 5.69 Å². The Morgan fingerprint density at radius 2 is 1.95 bits per heavy atom. The number of nitrogens with one attached hydrogen (secondary N) is 1. The SMILES string of the molecule is Nc1ccc(CCC(=O)NCc2ccc(Br)s2)cc1. The first-order chi connectivity index (χ1) is 9.13. The van der Waals surface area contributed by atoms with Crippen LogP contribution in [0.15, 0.2) is 40.2 Å². The molecule has 0 saturated carbocycles. The molecule has 19 heavy (non-hydrogen) atoms. The highest BCUT2D eigenvalue weighted by molar-refractivity contribution is 9.11. The number of rotatable bonds is 5. The second kappa shape index (κ2) is 6.73. The average Bonchev–Trinajstić information content (AvgIpc) is 2.81. The zero-order valence-electron chi connectivity index (χ0n) is 10.4. The van der Waals surface area contributed by atoms with E-state index in [1.165, 1.54) is 0 Å². The Morgan fingerprint density at radius 1 is 1.21 bits per heavy atom. The minimum Gasteiger partial charge on any atom is -0.399 e. The molecular weight excluding hydrogens is 324 g/mol. The monoisotopic (exact) mass is 338 g/mol. The van der Waals surface area contributed by atoms with Crippen molar-refractivity contribution in [1.82, 2.24) is 5.32 Å². The number of hydrogen-bond donors (Lipinski definition) is 2. The third kappa shape index (κ3) is 4.69. The van der Waals surface area contributed by atoms with Crippen molar-refractivity contribution in [3.63, 3.8) is 0 Å². The second-order valence-electron chi connectivity index (χ2n) is 4.22. The molecule has 3 nitrogen and oxygen atoms in total. The highest BCUT2D eigenvalue weighted by Crippen LogP contribution is 2.21. The van der Waals surface area contributed by atoms with Crippen LogP contribution in [0.2, 0.25) is 0 Å². The van der Waals surface area contributed by atoms with Crippen molar-refractivity contribution in [3.05, 3.63) is 50.6 Å². The fourth-order valence-corrected chi connectivity index (χ4v) is 3.09. The maximum atomic E-state index is 11.7. The Labute approximate surface area is 125 Å². The molecule has 0 spiro atoms. The van der Waals surface area contributed by atoms with Gasteiger partial charge >= 0.3 is 0 Å². The van der Waals surface area contributed by atoms with Crippen LogP contribution in [0.5, 0.6) is 0 Å². The summed E-state index contributed by atoms with van der Waals surface area (Å²) in [5.74, 6) is 0.0707. The molecule has 100 valence electrons. The number of amides is 1. The van der Waals surface area contributed by atoms with E-state index in [1.807, 2.05) is 36.4 Å². The van der Waals surface area contributed by atoms with E-state index >= 15 is 0 Å². The summed E-state index contributed by atoms with van der Waals surface area (Å²) < 4.78 is 1.08. The van der Waals surface area contributed by atoms with Crippen molar-refractivity contribution in [1.29, 1.82) is 0 Å². The van der Waals surface area contributed by atoms with Crippen molar-refractivity contribution >= 4 is 38.9 Å². The molecular formula is C14H15BrN2OS. The predicted molar refractivity (Wildman–Crippen MR) is 83.0 cm³/mol. The van der Waals surface area contributed by atoms with Gasteiger partial charge in [-0.15, -0.1) is 11.3 Å². The zero-order chi connectivity index (χ0) is 13.7.